The van der Waals surface area contributed by atoms with Crippen molar-refractivity contribution in [1.29, 1.82) is 0 Å². The van der Waals surface area contributed by atoms with Gasteiger partial charge in [-0.3, -0.25) is 38.4 Å². The zero-order chi connectivity index (χ0) is 54.1. The highest BCUT2D eigenvalue weighted by atomic mass is 32.2. The average molecular weight is 1060 g/mol. The van der Waals surface area contributed by atoms with Crippen molar-refractivity contribution in [3.05, 3.63) is 0 Å². The smallest absolute Gasteiger partial charge is 0.315 e. The SMILES string of the molecule is CC.C[C@@H](CCCCNC(=O)COCCOCCNC(=O)COCCOCCNC(=O)CCCC(=O)NCCCC[C@H](NC(=O)CCCC[C@@H]1SC[C@@H]2NC(=O)N[C@@H]21)C(=O)NCCCC[C@H](C)C(N)=O)C(N)=O.[HH]. The monoisotopic (exact) mass is 1060 g/mol. The first kappa shape index (κ1) is 66.2. The molecule has 0 aromatic rings. The lowest BCUT2D eigenvalue weighted by Gasteiger charge is -2.19. The van der Waals surface area contributed by atoms with E-state index in [1.807, 2.05) is 25.6 Å². The Morgan fingerprint density at radius 3 is 1.58 bits per heavy atom. The molecule has 422 valence electrons. The second-order valence-corrected chi connectivity index (χ2v) is 19.2. The van der Waals surface area contributed by atoms with E-state index in [9.17, 15) is 43.2 Å². The predicted octanol–water partition coefficient (Wildman–Crippen LogP) is 1.04. The van der Waals surface area contributed by atoms with E-state index in [1.165, 1.54) is 0 Å². The van der Waals surface area contributed by atoms with Gasteiger partial charge in [-0.05, 0) is 64.2 Å². The summed E-state index contributed by atoms with van der Waals surface area (Å²) in [6.45, 7) is 10.6. The number of fused-ring (bicyclic) bond motifs is 1. The number of unbranched alkanes of at least 4 members (excludes halogenated alkanes) is 4. The largest absolute Gasteiger partial charge is 0.377 e. The van der Waals surface area contributed by atoms with Gasteiger partial charge < -0.3 is 72.9 Å². The van der Waals surface area contributed by atoms with Crippen LogP contribution in [-0.2, 0) is 57.3 Å². The molecule has 0 spiro atoms. The summed E-state index contributed by atoms with van der Waals surface area (Å²) in [6, 6.07) is -0.592. The average Bonchev–Trinajstić information content (AvgIpc) is 3.92. The van der Waals surface area contributed by atoms with Gasteiger partial charge in [0.05, 0.1) is 51.7 Å². The van der Waals surface area contributed by atoms with E-state index >= 15 is 0 Å². The second-order valence-electron chi connectivity index (χ2n) is 18.0. The van der Waals surface area contributed by atoms with Gasteiger partial charge in [-0.2, -0.15) is 11.8 Å². The molecule has 0 unspecified atom stereocenters. The van der Waals surface area contributed by atoms with Gasteiger partial charge in [0.15, 0.2) is 0 Å². The Kier molecular flexibility index (Phi) is 38.6. The molecule has 2 aliphatic rings. The molecule has 0 aromatic heterocycles. The number of carbonyl (C=O) groups excluding carboxylic acids is 9. The molecular weight excluding hydrogens is 969 g/mol. The van der Waals surface area contributed by atoms with Gasteiger partial charge in [-0.1, -0.05) is 47.0 Å². The number of rotatable bonds is 44. The van der Waals surface area contributed by atoms with E-state index in [0.29, 0.717) is 76.3 Å². The molecule has 2 saturated heterocycles. The van der Waals surface area contributed by atoms with Crippen LogP contribution >= 0.6 is 11.8 Å². The van der Waals surface area contributed by atoms with Crippen molar-refractivity contribution in [1.82, 2.24) is 42.5 Å². The maximum Gasteiger partial charge on any atom is 0.315 e. The van der Waals surface area contributed by atoms with Crippen molar-refractivity contribution in [2.75, 3.05) is 91.3 Å². The van der Waals surface area contributed by atoms with Crippen LogP contribution in [0.1, 0.15) is 132 Å². The highest BCUT2D eigenvalue weighted by Gasteiger charge is 2.42. The van der Waals surface area contributed by atoms with E-state index in [4.69, 9.17) is 30.4 Å². The molecule has 0 radical (unpaired) electrons. The van der Waals surface area contributed by atoms with Gasteiger partial charge >= 0.3 is 6.03 Å². The van der Waals surface area contributed by atoms with Crippen LogP contribution in [0.15, 0.2) is 0 Å². The predicted molar refractivity (Wildman–Crippen MR) is 280 cm³/mol. The number of amides is 10. The van der Waals surface area contributed by atoms with E-state index in [-0.39, 0.29) is 164 Å². The first-order valence-electron chi connectivity index (χ1n) is 26.4. The van der Waals surface area contributed by atoms with Crippen LogP contribution in [0.5, 0.6) is 0 Å². The zero-order valence-corrected chi connectivity index (χ0v) is 44.9. The summed E-state index contributed by atoms with van der Waals surface area (Å²) in [7, 11) is 0. The Hall–Kier alpha value is -4.78. The Balaban J connectivity index is 0.0000175. The molecule has 2 heterocycles. The number of carbonyl (C=O) groups is 9. The molecule has 24 heteroatoms. The summed E-state index contributed by atoms with van der Waals surface area (Å²) in [5.74, 6) is -1.64. The van der Waals surface area contributed by atoms with E-state index in [1.54, 1.807) is 13.8 Å². The topological polar surface area (TPSA) is 339 Å². The van der Waals surface area contributed by atoms with Crippen LogP contribution in [0.3, 0.4) is 0 Å². The third-order valence-corrected chi connectivity index (χ3v) is 13.4. The van der Waals surface area contributed by atoms with Crippen molar-refractivity contribution in [3.8, 4) is 0 Å². The minimum atomic E-state index is -0.731. The van der Waals surface area contributed by atoms with Gasteiger partial charge in [-0.15, -0.1) is 0 Å². The highest BCUT2D eigenvalue weighted by Crippen LogP contribution is 2.33. The number of primary amides is 2. The zero-order valence-electron chi connectivity index (χ0n) is 44.0. The summed E-state index contributed by atoms with van der Waals surface area (Å²) in [5, 5.41) is 23.0. The molecule has 0 saturated carbocycles. The van der Waals surface area contributed by atoms with Crippen molar-refractivity contribution in [2.45, 2.75) is 154 Å². The quantitative estimate of drug-likeness (QED) is 0.0301. The van der Waals surface area contributed by atoms with Crippen molar-refractivity contribution >= 4 is 65.1 Å². The van der Waals surface area contributed by atoms with Crippen molar-refractivity contribution in [3.63, 3.8) is 0 Å². The molecule has 0 bridgehead atoms. The number of hydrogen-bond acceptors (Lipinski definition) is 14. The lowest BCUT2D eigenvalue weighted by Crippen LogP contribution is -2.47. The number of hydrogen-bond donors (Lipinski definition) is 10. The number of nitrogens with one attached hydrogen (secondary N) is 8. The number of thioether (sulfide) groups is 1. The van der Waals surface area contributed by atoms with Gasteiger partial charge in [0.25, 0.3) is 0 Å². The fourth-order valence-electron chi connectivity index (χ4n) is 7.49. The second kappa shape index (κ2) is 42.6. The fraction of sp³-hybridized carbons (Fsp3) is 0.816. The van der Waals surface area contributed by atoms with Crippen molar-refractivity contribution in [2.24, 2.45) is 23.3 Å². The van der Waals surface area contributed by atoms with Gasteiger partial charge in [0.2, 0.25) is 47.3 Å². The highest BCUT2D eigenvalue weighted by molar-refractivity contribution is 8.00. The standard InChI is InChI=1S/C47H84N10O13S.C2H6.H2/c1-33(44(48)63)12-5-8-20-51-41(61)30-69-28-27-68-25-23-53-42(62)31-70-29-26-67-24-22-52-39(59)18-11-17-38(58)50-19-10-7-14-35(46(65)54-21-9-6-13-34(2)45(49)64)55-40(60)16-4-3-15-37-43-36(32-71-37)56-47(66)57-43;1-2;/h33-37,43H,3-32H2,1-2H3,(H2,48,63)(H2,49,64)(H,50,58)(H,51,61)(H,52,59)(H,53,62)(H,54,65)(H,55,60)(H2,56,57,66);1-2H3;1H/t33-,34-,35-,36-,37-,43-;;/m0../s1. The van der Waals surface area contributed by atoms with Crippen LogP contribution in [-0.4, -0.2) is 168 Å². The molecule has 10 amide bonds. The van der Waals surface area contributed by atoms with Gasteiger partial charge in [0.1, 0.15) is 19.3 Å². The molecular formula is C49H92N10O13S. The minimum Gasteiger partial charge on any atom is -0.377 e. The summed E-state index contributed by atoms with van der Waals surface area (Å²) in [5.41, 5.74) is 10.6. The summed E-state index contributed by atoms with van der Waals surface area (Å²) >= 11 is 1.83. The van der Waals surface area contributed by atoms with E-state index in [2.05, 4.69) is 42.5 Å². The fourth-order valence-corrected chi connectivity index (χ4v) is 9.04. The Morgan fingerprint density at radius 1 is 0.562 bits per heavy atom. The summed E-state index contributed by atoms with van der Waals surface area (Å²) < 4.78 is 21.4. The lowest BCUT2D eigenvalue weighted by atomic mass is 10.0. The van der Waals surface area contributed by atoms with E-state index in [0.717, 1.165) is 37.9 Å². The Morgan fingerprint density at radius 2 is 1.03 bits per heavy atom. The van der Waals surface area contributed by atoms with Crippen LogP contribution in [0.25, 0.3) is 0 Å². The van der Waals surface area contributed by atoms with Gasteiger partial charge in [-0.25, -0.2) is 4.79 Å². The number of nitrogens with two attached hydrogens (primary N) is 2. The Bertz CT molecular complexity index is 1640. The molecule has 23 nitrogen and oxygen atoms in total. The van der Waals surface area contributed by atoms with Crippen LogP contribution in [0.4, 0.5) is 4.79 Å². The van der Waals surface area contributed by atoms with Crippen LogP contribution in [0.2, 0.25) is 0 Å². The normalized spacial score (nSPS) is 16.8. The molecule has 12 N–H and O–H groups in total. The Labute approximate surface area is 438 Å². The number of ether oxygens (including phenoxy) is 4. The molecule has 2 aliphatic heterocycles. The first-order chi connectivity index (χ1) is 35.2. The van der Waals surface area contributed by atoms with Gasteiger partial charge in [0, 0.05) is 76.3 Å². The summed E-state index contributed by atoms with van der Waals surface area (Å²) in [4.78, 5) is 108. The molecule has 2 fully saturated rings. The first-order valence-corrected chi connectivity index (χ1v) is 27.4. The van der Waals surface area contributed by atoms with Crippen LogP contribution < -0.4 is 54.0 Å². The van der Waals surface area contributed by atoms with Crippen molar-refractivity contribution < 1.29 is 63.5 Å². The van der Waals surface area contributed by atoms with E-state index < -0.39 is 6.04 Å². The van der Waals surface area contributed by atoms with Crippen LogP contribution in [0, 0.1) is 11.8 Å². The number of urea groups is 1. The molecule has 2 rings (SSSR count). The maximum absolute atomic E-state index is 13.1. The third kappa shape index (κ3) is 34.4. The molecule has 6 atom stereocenters. The summed E-state index contributed by atoms with van der Waals surface area (Å²) in [6.07, 6.45) is 9.15. The molecule has 73 heavy (non-hydrogen) atoms. The lowest BCUT2D eigenvalue weighted by molar-refractivity contribution is -0.129. The molecule has 0 aromatic carbocycles. The maximum atomic E-state index is 13.1. The molecule has 0 aliphatic carbocycles. The minimum absolute atomic E-state index is 0. The third-order valence-electron chi connectivity index (χ3n) is 11.8.